The fraction of sp³-hybridized carbons (Fsp3) is 0.900. The molecule has 1 aliphatic rings. The molecule has 4 heteroatoms. The first-order chi connectivity index (χ1) is 11.7. The number of esters is 1. The van der Waals surface area contributed by atoms with Gasteiger partial charge in [-0.3, -0.25) is 9.59 Å². The summed E-state index contributed by atoms with van der Waals surface area (Å²) in [6.45, 7) is 6.35. The highest BCUT2D eigenvalue weighted by atomic mass is 16.5. The van der Waals surface area contributed by atoms with Gasteiger partial charge in [-0.05, 0) is 25.7 Å². The SMILES string of the molecule is CCCCCCCC(=O)N1CCC(C(=O)OCCCCCC)CC1. The van der Waals surface area contributed by atoms with Crippen LogP contribution in [0.15, 0.2) is 0 Å². The van der Waals surface area contributed by atoms with Crippen molar-refractivity contribution in [2.45, 2.75) is 90.9 Å². The van der Waals surface area contributed by atoms with Crippen LogP contribution in [-0.2, 0) is 14.3 Å². The maximum absolute atomic E-state index is 12.2. The molecule has 0 aliphatic carbocycles. The number of nitrogens with zero attached hydrogens (tertiary/aromatic N) is 1. The molecule has 0 atom stereocenters. The van der Waals surface area contributed by atoms with Gasteiger partial charge in [-0.2, -0.15) is 0 Å². The number of amides is 1. The number of hydrogen-bond acceptors (Lipinski definition) is 3. The van der Waals surface area contributed by atoms with E-state index >= 15 is 0 Å². The maximum Gasteiger partial charge on any atom is 0.309 e. The molecule has 0 saturated carbocycles. The van der Waals surface area contributed by atoms with E-state index in [2.05, 4.69) is 13.8 Å². The highest BCUT2D eigenvalue weighted by molar-refractivity contribution is 5.77. The minimum atomic E-state index is -0.0573. The zero-order valence-electron chi connectivity index (χ0n) is 15.9. The van der Waals surface area contributed by atoms with E-state index in [0.717, 1.165) is 38.5 Å². The van der Waals surface area contributed by atoms with Crippen LogP contribution in [0.5, 0.6) is 0 Å². The van der Waals surface area contributed by atoms with E-state index < -0.39 is 0 Å². The van der Waals surface area contributed by atoms with Crippen molar-refractivity contribution in [1.82, 2.24) is 4.90 Å². The zero-order valence-corrected chi connectivity index (χ0v) is 15.9. The van der Waals surface area contributed by atoms with Crippen LogP contribution in [0.1, 0.15) is 90.9 Å². The lowest BCUT2D eigenvalue weighted by molar-refractivity contribution is -0.151. The van der Waals surface area contributed by atoms with E-state index in [9.17, 15) is 9.59 Å². The number of carbonyl (C=O) groups excluding carboxylic acids is 2. The summed E-state index contributed by atoms with van der Waals surface area (Å²) in [4.78, 5) is 26.2. The zero-order chi connectivity index (χ0) is 17.6. The van der Waals surface area contributed by atoms with Gasteiger partial charge in [0.15, 0.2) is 0 Å². The van der Waals surface area contributed by atoms with Crippen LogP contribution in [0.2, 0.25) is 0 Å². The molecule has 1 aliphatic heterocycles. The Morgan fingerprint density at radius 1 is 0.875 bits per heavy atom. The van der Waals surface area contributed by atoms with Crippen LogP contribution in [0.3, 0.4) is 0 Å². The second-order valence-corrected chi connectivity index (χ2v) is 7.05. The fourth-order valence-corrected chi connectivity index (χ4v) is 3.22. The molecule has 140 valence electrons. The van der Waals surface area contributed by atoms with E-state index in [1.54, 1.807) is 0 Å². The normalized spacial score (nSPS) is 15.5. The van der Waals surface area contributed by atoms with Gasteiger partial charge in [-0.25, -0.2) is 0 Å². The maximum atomic E-state index is 12.2. The van der Waals surface area contributed by atoms with Gasteiger partial charge in [0.2, 0.25) is 5.91 Å². The molecule has 0 N–H and O–H groups in total. The first-order valence-electron chi connectivity index (χ1n) is 10.1. The van der Waals surface area contributed by atoms with Gasteiger partial charge in [0.25, 0.3) is 0 Å². The average Bonchev–Trinajstić information content (AvgIpc) is 2.61. The van der Waals surface area contributed by atoms with Crippen molar-refractivity contribution in [3.8, 4) is 0 Å². The Morgan fingerprint density at radius 2 is 1.46 bits per heavy atom. The third-order valence-electron chi connectivity index (χ3n) is 4.92. The number of piperidine rings is 1. The molecular weight excluding hydrogens is 302 g/mol. The molecule has 1 rings (SSSR count). The first kappa shape index (κ1) is 21.0. The van der Waals surface area contributed by atoms with Gasteiger partial charge in [-0.15, -0.1) is 0 Å². The summed E-state index contributed by atoms with van der Waals surface area (Å²) in [7, 11) is 0. The molecule has 0 bridgehead atoms. The van der Waals surface area contributed by atoms with Gasteiger partial charge in [0.05, 0.1) is 12.5 Å². The summed E-state index contributed by atoms with van der Waals surface area (Å²) in [6.07, 6.45) is 12.6. The quantitative estimate of drug-likeness (QED) is 0.382. The largest absolute Gasteiger partial charge is 0.465 e. The van der Waals surface area contributed by atoms with Crippen LogP contribution in [0.4, 0.5) is 0 Å². The highest BCUT2D eigenvalue weighted by Crippen LogP contribution is 2.20. The smallest absolute Gasteiger partial charge is 0.309 e. The first-order valence-corrected chi connectivity index (χ1v) is 10.1. The molecule has 4 nitrogen and oxygen atoms in total. The Labute approximate surface area is 148 Å². The minimum absolute atomic E-state index is 0.00946. The second-order valence-electron chi connectivity index (χ2n) is 7.05. The Morgan fingerprint density at radius 3 is 2.08 bits per heavy atom. The van der Waals surface area contributed by atoms with Gasteiger partial charge in [0.1, 0.15) is 0 Å². The summed E-state index contributed by atoms with van der Waals surface area (Å²) in [5.74, 6) is 0.195. The topological polar surface area (TPSA) is 46.6 Å². The van der Waals surface area contributed by atoms with Crippen molar-refractivity contribution in [3.63, 3.8) is 0 Å². The van der Waals surface area contributed by atoms with Crippen LogP contribution < -0.4 is 0 Å². The van der Waals surface area contributed by atoms with Gasteiger partial charge >= 0.3 is 5.97 Å². The molecule has 0 unspecified atom stereocenters. The molecule has 1 amide bonds. The number of likely N-dealkylation sites (tertiary alicyclic amines) is 1. The number of carbonyl (C=O) groups is 2. The molecule has 0 aromatic heterocycles. The lowest BCUT2D eigenvalue weighted by Gasteiger charge is -2.31. The molecule has 0 aromatic rings. The van der Waals surface area contributed by atoms with Crippen molar-refractivity contribution >= 4 is 11.9 Å². The summed E-state index contributed by atoms with van der Waals surface area (Å²) in [5.41, 5.74) is 0. The molecule has 0 aromatic carbocycles. The molecule has 24 heavy (non-hydrogen) atoms. The standard InChI is InChI=1S/C20H37NO3/c1-3-5-7-9-10-12-19(22)21-15-13-18(14-16-21)20(23)24-17-11-8-6-4-2/h18H,3-17H2,1-2H3. The van der Waals surface area contributed by atoms with E-state index in [0.29, 0.717) is 26.1 Å². The molecule has 0 spiro atoms. The predicted octanol–water partition coefficient (Wildman–Crippen LogP) is 4.71. The summed E-state index contributed by atoms with van der Waals surface area (Å²) < 4.78 is 5.38. The Bertz CT molecular complexity index is 315. The van der Waals surface area contributed by atoms with E-state index in [-0.39, 0.29) is 17.8 Å². The Hall–Kier alpha value is -1.06. The van der Waals surface area contributed by atoms with Crippen LogP contribution >= 0.6 is 0 Å². The summed E-state index contributed by atoms with van der Waals surface area (Å²) >= 11 is 0. The molecular formula is C20H37NO3. The van der Waals surface area contributed by atoms with E-state index in [1.165, 1.54) is 32.1 Å². The number of ether oxygens (including phenoxy) is 1. The van der Waals surface area contributed by atoms with E-state index in [4.69, 9.17) is 4.74 Å². The van der Waals surface area contributed by atoms with Crippen LogP contribution in [0.25, 0.3) is 0 Å². The lowest BCUT2D eigenvalue weighted by atomic mass is 9.96. The average molecular weight is 340 g/mol. The third-order valence-corrected chi connectivity index (χ3v) is 4.92. The minimum Gasteiger partial charge on any atom is -0.465 e. The van der Waals surface area contributed by atoms with Gasteiger partial charge < -0.3 is 9.64 Å². The van der Waals surface area contributed by atoms with E-state index in [1.807, 2.05) is 4.90 Å². The molecule has 1 heterocycles. The highest BCUT2D eigenvalue weighted by Gasteiger charge is 2.27. The monoisotopic (exact) mass is 339 g/mol. The number of rotatable bonds is 12. The summed E-state index contributed by atoms with van der Waals surface area (Å²) in [5, 5.41) is 0. The third kappa shape index (κ3) is 8.70. The lowest BCUT2D eigenvalue weighted by Crippen LogP contribution is -2.40. The molecule has 0 radical (unpaired) electrons. The van der Waals surface area contributed by atoms with Crippen molar-refractivity contribution in [2.24, 2.45) is 5.92 Å². The molecule has 1 saturated heterocycles. The number of hydrogen-bond donors (Lipinski definition) is 0. The fourth-order valence-electron chi connectivity index (χ4n) is 3.22. The van der Waals surface area contributed by atoms with Crippen molar-refractivity contribution in [2.75, 3.05) is 19.7 Å². The Balaban J connectivity index is 2.11. The van der Waals surface area contributed by atoms with Crippen LogP contribution in [0, 0.1) is 5.92 Å². The van der Waals surface area contributed by atoms with Gasteiger partial charge in [0, 0.05) is 19.5 Å². The predicted molar refractivity (Wildman–Crippen MR) is 97.8 cm³/mol. The summed E-state index contributed by atoms with van der Waals surface area (Å²) in [6, 6.07) is 0. The molecule has 1 fully saturated rings. The second kappa shape index (κ2) is 13.3. The van der Waals surface area contributed by atoms with Crippen molar-refractivity contribution < 1.29 is 14.3 Å². The number of unbranched alkanes of at least 4 members (excludes halogenated alkanes) is 7. The Kier molecular flexibility index (Phi) is 11.6. The van der Waals surface area contributed by atoms with Gasteiger partial charge in [-0.1, -0.05) is 58.8 Å². The van der Waals surface area contributed by atoms with Crippen molar-refractivity contribution in [1.29, 1.82) is 0 Å². The van der Waals surface area contributed by atoms with Crippen LogP contribution in [-0.4, -0.2) is 36.5 Å². The van der Waals surface area contributed by atoms with Crippen molar-refractivity contribution in [3.05, 3.63) is 0 Å².